The molecule has 0 heterocycles. The van der Waals surface area contributed by atoms with Crippen molar-refractivity contribution in [2.75, 3.05) is 0 Å². The molecule has 0 aliphatic carbocycles. The summed E-state index contributed by atoms with van der Waals surface area (Å²) in [5.41, 5.74) is 2.05. The highest BCUT2D eigenvalue weighted by Crippen LogP contribution is 2.39. The fourth-order valence-electron chi connectivity index (χ4n) is 3.83. The van der Waals surface area contributed by atoms with Crippen LogP contribution >= 0.6 is 7.60 Å². The standard InChI is InChI=1S/C24H37O3P/c1-2-3-4-5-6-7-8-9-10-11-12-13-21-14-16-24-19-22(20-28(25,26)27)15-17-23(24)18-21/h14-19H,2-13,20H2,1H3,(H2,25,26,27). The maximum absolute atomic E-state index is 11.2. The molecule has 0 atom stereocenters. The van der Waals surface area contributed by atoms with Gasteiger partial charge < -0.3 is 9.79 Å². The molecule has 0 fully saturated rings. The van der Waals surface area contributed by atoms with Gasteiger partial charge in [0.2, 0.25) is 0 Å². The van der Waals surface area contributed by atoms with Crippen LogP contribution in [0.25, 0.3) is 10.8 Å². The summed E-state index contributed by atoms with van der Waals surface area (Å²) in [6.45, 7) is 2.27. The van der Waals surface area contributed by atoms with E-state index in [1.807, 2.05) is 18.2 Å². The Balaban J connectivity index is 1.65. The Morgan fingerprint density at radius 1 is 0.679 bits per heavy atom. The number of benzene rings is 2. The minimum Gasteiger partial charge on any atom is -0.324 e. The van der Waals surface area contributed by atoms with Crippen LogP contribution in [0.1, 0.15) is 88.7 Å². The molecule has 0 aliphatic rings. The summed E-state index contributed by atoms with van der Waals surface area (Å²) in [6.07, 6.45) is 15.9. The Kier molecular flexibility index (Phi) is 10.3. The van der Waals surface area contributed by atoms with Gasteiger partial charge >= 0.3 is 7.60 Å². The van der Waals surface area contributed by atoms with E-state index in [0.717, 1.165) is 17.2 Å². The van der Waals surface area contributed by atoms with Crippen molar-refractivity contribution in [1.29, 1.82) is 0 Å². The Bertz CT molecular complexity index is 751. The topological polar surface area (TPSA) is 57.5 Å². The van der Waals surface area contributed by atoms with Gasteiger partial charge in [-0.3, -0.25) is 4.57 Å². The van der Waals surface area contributed by atoms with E-state index in [2.05, 4.69) is 25.1 Å². The van der Waals surface area contributed by atoms with Crippen LogP contribution in [0.2, 0.25) is 0 Å². The van der Waals surface area contributed by atoms with Crippen molar-refractivity contribution in [3.05, 3.63) is 47.5 Å². The summed E-state index contributed by atoms with van der Waals surface area (Å²) < 4.78 is 11.2. The van der Waals surface area contributed by atoms with Gasteiger partial charge in [0, 0.05) is 0 Å². The van der Waals surface area contributed by atoms with Gasteiger partial charge in [0.15, 0.2) is 0 Å². The lowest BCUT2D eigenvalue weighted by Gasteiger charge is -2.08. The van der Waals surface area contributed by atoms with Gasteiger partial charge in [-0.25, -0.2) is 0 Å². The Hall–Kier alpha value is -1.15. The van der Waals surface area contributed by atoms with Crippen molar-refractivity contribution in [1.82, 2.24) is 0 Å². The molecule has 0 aromatic heterocycles. The van der Waals surface area contributed by atoms with Crippen LogP contribution < -0.4 is 0 Å². The zero-order valence-corrected chi connectivity index (χ0v) is 18.3. The van der Waals surface area contributed by atoms with Gasteiger partial charge in [0.1, 0.15) is 0 Å². The maximum atomic E-state index is 11.2. The molecular weight excluding hydrogens is 367 g/mol. The zero-order valence-electron chi connectivity index (χ0n) is 17.4. The first kappa shape index (κ1) is 23.1. The van der Waals surface area contributed by atoms with Crippen LogP contribution in [-0.2, 0) is 17.1 Å². The summed E-state index contributed by atoms with van der Waals surface area (Å²) in [5, 5.41) is 2.20. The Morgan fingerprint density at radius 2 is 1.14 bits per heavy atom. The third kappa shape index (κ3) is 9.37. The average molecular weight is 405 g/mol. The summed E-state index contributed by atoms with van der Waals surface area (Å²) in [5.74, 6) is 0. The fourth-order valence-corrected chi connectivity index (χ4v) is 4.50. The lowest BCUT2D eigenvalue weighted by molar-refractivity contribution is 0.372. The van der Waals surface area contributed by atoms with Crippen LogP contribution in [0.15, 0.2) is 36.4 Å². The van der Waals surface area contributed by atoms with E-state index in [9.17, 15) is 4.57 Å². The number of unbranched alkanes of at least 4 members (excludes halogenated alkanes) is 10. The molecule has 3 nitrogen and oxygen atoms in total. The van der Waals surface area contributed by atoms with Gasteiger partial charge in [-0.05, 0) is 34.7 Å². The predicted octanol–water partition coefficient (Wildman–Crippen LogP) is 7.37. The highest BCUT2D eigenvalue weighted by atomic mass is 31.2. The average Bonchev–Trinajstić information content (AvgIpc) is 2.65. The molecular formula is C24H37O3P. The van der Waals surface area contributed by atoms with Gasteiger partial charge in [-0.1, -0.05) is 108 Å². The number of hydrogen-bond acceptors (Lipinski definition) is 1. The molecule has 2 aromatic carbocycles. The number of aryl methyl sites for hydroxylation is 1. The van der Waals surface area contributed by atoms with E-state index < -0.39 is 7.60 Å². The minimum absolute atomic E-state index is 0.191. The Morgan fingerprint density at radius 3 is 1.68 bits per heavy atom. The molecule has 2 N–H and O–H groups in total. The largest absolute Gasteiger partial charge is 0.329 e. The molecule has 0 radical (unpaired) electrons. The number of hydrogen-bond donors (Lipinski definition) is 2. The first-order valence-electron chi connectivity index (χ1n) is 11.0. The second-order valence-electron chi connectivity index (χ2n) is 8.12. The Labute approximate surface area is 170 Å². The normalized spacial score (nSPS) is 12.0. The molecule has 0 amide bonds. The van der Waals surface area contributed by atoms with E-state index in [-0.39, 0.29) is 6.16 Å². The SMILES string of the molecule is CCCCCCCCCCCCCc1ccc2cc(CP(=O)(O)O)ccc2c1. The third-order valence-electron chi connectivity index (χ3n) is 5.43. The smallest absolute Gasteiger partial charge is 0.324 e. The molecule has 0 aliphatic heterocycles. The minimum atomic E-state index is -4.01. The predicted molar refractivity (Wildman–Crippen MR) is 120 cm³/mol. The number of rotatable bonds is 14. The van der Waals surface area contributed by atoms with Crippen LogP contribution in [0.3, 0.4) is 0 Å². The van der Waals surface area contributed by atoms with E-state index in [4.69, 9.17) is 9.79 Å². The van der Waals surface area contributed by atoms with E-state index >= 15 is 0 Å². The van der Waals surface area contributed by atoms with Crippen LogP contribution in [0.5, 0.6) is 0 Å². The molecule has 0 spiro atoms. The van der Waals surface area contributed by atoms with Gasteiger partial charge in [-0.2, -0.15) is 0 Å². The van der Waals surface area contributed by atoms with Crippen LogP contribution in [0.4, 0.5) is 0 Å². The highest BCUT2D eigenvalue weighted by Gasteiger charge is 2.14. The van der Waals surface area contributed by atoms with Crippen molar-refractivity contribution in [2.45, 2.75) is 90.1 Å². The van der Waals surface area contributed by atoms with Crippen molar-refractivity contribution in [2.24, 2.45) is 0 Å². The van der Waals surface area contributed by atoms with E-state index in [1.165, 1.54) is 76.2 Å². The van der Waals surface area contributed by atoms with Gasteiger partial charge in [-0.15, -0.1) is 0 Å². The fraction of sp³-hybridized carbons (Fsp3) is 0.583. The van der Waals surface area contributed by atoms with E-state index in [0.29, 0.717) is 5.56 Å². The molecule has 4 heteroatoms. The van der Waals surface area contributed by atoms with Crippen molar-refractivity contribution in [3.63, 3.8) is 0 Å². The molecule has 0 saturated heterocycles. The lowest BCUT2D eigenvalue weighted by atomic mass is 10.0. The quantitative estimate of drug-likeness (QED) is 0.255. The summed E-state index contributed by atoms with van der Waals surface area (Å²) in [7, 11) is -4.01. The molecule has 28 heavy (non-hydrogen) atoms. The number of fused-ring (bicyclic) bond motifs is 1. The zero-order chi connectivity index (χ0) is 20.2. The van der Waals surface area contributed by atoms with Gasteiger partial charge in [0.05, 0.1) is 6.16 Å². The second kappa shape index (κ2) is 12.4. The molecule has 2 rings (SSSR count). The molecule has 0 bridgehead atoms. The van der Waals surface area contributed by atoms with Crippen LogP contribution in [0, 0.1) is 0 Å². The molecule has 0 unspecified atom stereocenters. The highest BCUT2D eigenvalue weighted by molar-refractivity contribution is 7.50. The van der Waals surface area contributed by atoms with Crippen molar-refractivity contribution in [3.8, 4) is 0 Å². The van der Waals surface area contributed by atoms with Crippen molar-refractivity contribution >= 4 is 18.4 Å². The lowest BCUT2D eigenvalue weighted by Crippen LogP contribution is -1.89. The monoisotopic (exact) mass is 404 g/mol. The molecule has 156 valence electrons. The van der Waals surface area contributed by atoms with Crippen molar-refractivity contribution < 1.29 is 14.4 Å². The summed E-state index contributed by atoms with van der Waals surface area (Å²) >= 11 is 0. The van der Waals surface area contributed by atoms with Gasteiger partial charge in [0.25, 0.3) is 0 Å². The van der Waals surface area contributed by atoms with Crippen LogP contribution in [-0.4, -0.2) is 9.79 Å². The third-order valence-corrected chi connectivity index (χ3v) is 6.20. The first-order valence-corrected chi connectivity index (χ1v) is 12.8. The summed E-state index contributed by atoms with van der Waals surface area (Å²) in [4.78, 5) is 18.3. The summed E-state index contributed by atoms with van der Waals surface area (Å²) in [6, 6.07) is 12.1. The van der Waals surface area contributed by atoms with E-state index in [1.54, 1.807) is 0 Å². The molecule has 0 saturated carbocycles. The first-order chi connectivity index (χ1) is 13.5. The maximum Gasteiger partial charge on any atom is 0.329 e. The second-order valence-corrected chi connectivity index (χ2v) is 9.77. The molecule has 2 aromatic rings.